The number of amides is 1. The van der Waals surface area contributed by atoms with Crippen molar-refractivity contribution < 1.29 is 17.9 Å². The van der Waals surface area contributed by atoms with Crippen molar-refractivity contribution in [3.05, 3.63) is 23.8 Å². The van der Waals surface area contributed by atoms with Crippen molar-refractivity contribution in [2.45, 2.75) is 49.0 Å². The second kappa shape index (κ2) is 6.23. The average molecular weight is 378 g/mol. The molecular weight excluding hydrogens is 352 g/mol. The number of methoxy groups -OCH3 is 1. The van der Waals surface area contributed by atoms with Crippen LogP contribution in [0.1, 0.15) is 48.9 Å². The zero-order valence-corrected chi connectivity index (χ0v) is 16.1. The van der Waals surface area contributed by atoms with E-state index in [1.807, 2.05) is 0 Å². The molecular formula is C19H26N2O4S. The van der Waals surface area contributed by atoms with Crippen LogP contribution in [0, 0.1) is 17.8 Å². The van der Waals surface area contributed by atoms with Crippen molar-refractivity contribution in [2.75, 3.05) is 14.2 Å². The normalized spacial score (nSPS) is 32.5. The van der Waals surface area contributed by atoms with Gasteiger partial charge in [-0.1, -0.05) is 0 Å². The van der Waals surface area contributed by atoms with E-state index in [1.54, 1.807) is 6.07 Å². The molecule has 4 bridgehead atoms. The summed E-state index contributed by atoms with van der Waals surface area (Å²) in [5, 5.41) is 2.53. The molecule has 1 amide bonds. The number of hydrogen-bond acceptors (Lipinski definition) is 4. The van der Waals surface area contributed by atoms with Gasteiger partial charge >= 0.3 is 0 Å². The van der Waals surface area contributed by atoms with Gasteiger partial charge in [-0.2, -0.15) is 0 Å². The lowest BCUT2D eigenvalue weighted by Crippen LogP contribution is -2.59. The zero-order chi connectivity index (χ0) is 18.5. The van der Waals surface area contributed by atoms with Crippen molar-refractivity contribution in [2.24, 2.45) is 17.8 Å². The maximum absolute atomic E-state index is 13.1. The summed E-state index contributed by atoms with van der Waals surface area (Å²) < 4.78 is 34.4. The van der Waals surface area contributed by atoms with Crippen LogP contribution in [0.15, 0.2) is 23.1 Å². The van der Waals surface area contributed by atoms with E-state index >= 15 is 0 Å². The SMILES string of the molecule is CNC(=O)c1cc(S(=O)(=O)NC23CC4CC(CC(C4)C2)C3)ccc1OC. The van der Waals surface area contributed by atoms with Crippen LogP contribution in [-0.4, -0.2) is 34.0 Å². The summed E-state index contributed by atoms with van der Waals surface area (Å²) in [4.78, 5) is 12.2. The van der Waals surface area contributed by atoms with Crippen LogP contribution < -0.4 is 14.8 Å². The van der Waals surface area contributed by atoms with E-state index in [9.17, 15) is 13.2 Å². The number of rotatable bonds is 5. The van der Waals surface area contributed by atoms with E-state index < -0.39 is 10.0 Å². The second-order valence-corrected chi connectivity index (χ2v) is 9.93. The Bertz CT molecular complexity index is 799. The standard InChI is InChI=1S/C19H26N2O4S/c1-20-18(22)16-8-15(3-4-17(16)25-2)26(23,24)21-19-9-12-5-13(10-19)7-14(6-12)11-19/h3-4,8,12-14,21H,5-7,9-11H2,1-2H3,(H,20,22). The Balaban J connectivity index is 1.64. The van der Waals surface area contributed by atoms with Gasteiger partial charge in [-0.05, 0) is 74.5 Å². The van der Waals surface area contributed by atoms with Crippen molar-refractivity contribution >= 4 is 15.9 Å². The van der Waals surface area contributed by atoms with Gasteiger partial charge in [0.2, 0.25) is 10.0 Å². The molecule has 0 aliphatic heterocycles. The van der Waals surface area contributed by atoms with Crippen LogP contribution in [0.5, 0.6) is 5.75 Å². The lowest BCUT2D eigenvalue weighted by molar-refractivity contribution is -0.00810. The van der Waals surface area contributed by atoms with E-state index in [-0.39, 0.29) is 21.9 Å². The zero-order valence-electron chi connectivity index (χ0n) is 15.2. The van der Waals surface area contributed by atoms with Crippen LogP contribution in [0.3, 0.4) is 0 Å². The highest BCUT2D eigenvalue weighted by Gasteiger charge is 2.52. The van der Waals surface area contributed by atoms with Crippen LogP contribution in [-0.2, 0) is 10.0 Å². The van der Waals surface area contributed by atoms with Gasteiger partial charge in [0.05, 0.1) is 17.6 Å². The number of sulfonamides is 1. The van der Waals surface area contributed by atoms with E-state index in [0.29, 0.717) is 23.5 Å². The Labute approximate surface area is 154 Å². The molecule has 7 heteroatoms. The molecule has 1 aromatic rings. The van der Waals surface area contributed by atoms with Crippen LogP contribution in [0.25, 0.3) is 0 Å². The van der Waals surface area contributed by atoms with E-state index in [1.165, 1.54) is 45.6 Å². The molecule has 0 unspecified atom stereocenters. The summed E-state index contributed by atoms with van der Waals surface area (Å²) in [5.74, 6) is 1.95. The average Bonchev–Trinajstić information content (AvgIpc) is 2.58. The molecule has 0 heterocycles. The monoisotopic (exact) mass is 378 g/mol. The summed E-state index contributed by atoms with van der Waals surface area (Å²) >= 11 is 0. The molecule has 0 spiro atoms. The first-order valence-electron chi connectivity index (χ1n) is 9.28. The van der Waals surface area contributed by atoms with E-state index in [4.69, 9.17) is 4.74 Å². The van der Waals surface area contributed by atoms with Gasteiger partial charge in [-0.15, -0.1) is 0 Å². The number of carbonyl (C=O) groups excluding carboxylic acids is 1. The maximum atomic E-state index is 13.1. The van der Waals surface area contributed by atoms with Gasteiger partial charge in [0.15, 0.2) is 0 Å². The highest BCUT2D eigenvalue weighted by atomic mass is 32.2. The Hall–Kier alpha value is -1.60. The van der Waals surface area contributed by atoms with Gasteiger partial charge < -0.3 is 10.1 Å². The number of nitrogens with one attached hydrogen (secondary N) is 2. The Morgan fingerprint density at radius 3 is 2.19 bits per heavy atom. The third-order valence-corrected chi connectivity index (χ3v) is 7.92. The molecule has 2 N–H and O–H groups in total. The number of hydrogen-bond donors (Lipinski definition) is 2. The van der Waals surface area contributed by atoms with Gasteiger partial charge in [-0.3, -0.25) is 4.79 Å². The summed E-state index contributed by atoms with van der Waals surface area (Å²) in [7, 11) is -0.725. The summed E-state index contributed by atoms with van der Waals surface area (Å²) in [5.41, 5.74) is -0.0795. The Morgan fingerprint density at radius 2 is 1.69 bits per heavy atom. The fourth-order valence-electron chi connectivity index (χ4n) is 5.75. The first kappa shape index (κ1) is 17.8. The first-order chi connectivity index (χ1) is 12.3. The third-order valence-electron chi connectivity index (χ3n) is 6.34. The Kier molecular flexibility index (Phi) is 4.27. The van der Waals surface area contributed by atoms with Gasteiger partial charge in [-0.25, -0.2) is 13.1 Å². The predicted molar refractivity (Wildman–Crippen MR) is 97.6 cm³/mol. The van der Waals surface area contributed by atoms with Crippen LogP contribution >= 0.6 is 0 Å². The number of benzene rings is 1. The number of carbonyl (C=O) groups is 1. The summed E-state index contributed by atoms with van der Waals surface area (Å²) in [6.45, 7) is 0. The summed E-state index contributed by atoms with van der Waals surface area (Å²) in [6, 6.07) is 4.45. The van der Waals surface area contributed by atoms with Gasteiger partial charge in [0.1, 0.15) is 5.75 Å². The molecule has 4 aliphatic carbocycles. The molecule has 4 fully saturated rings. The molecule has 4 aliphatic rings. The molecule has 6 nitrogen and oxygen atoms in total. The quantitative estimate of drug-likeness (QED) is 0.823. The molecule has 0 saturated heterocycles. The highest BCUT2D eigenvalue weighted by Crippen LogP contribution is 2.56. The third kappa shape index (κ3) is 3.01. The highest BCUT2D eigenvalue weighted by molar-refractivity contribution is 7.89. The van der Waals surface area contributed by atoms with E-state index in [2.05, 4.69) is 10.0 Å². The fourth-order valence-corrected chi connectivity index (χ4v) is 7.20. The molecule has 1 aromatic carbocycles. The minimum absolute atomic E-state index is 0.118. The molecule has 0 aromatic heterocycles. The lowest BCUT2D eigenvalue weighted by Gasteiger charge is -2.56. The predicted octanol–water partition coefficient (Wildman–Crippen LogP) is 2.30. The Morgan fingerprint density at radius 1 is 1.12 bits per heavy atom. The van der Waals surface area contributed by atoms with Crippen molar-refractivity contribution in [1.82, 2.24) is 10.0 Å². The van der Waals surface area contributed by atoms with Crippen molar-refractivity contribution in [3.8, 4) is 5.75 Å². The molecule has 26 heavy (non-hydrogen) atoms. The maximum Gasteiger partial charge on any atom is 0.254 e. The van der Waals surface area contributed by atoms with Crippen LogP contribution in [0.4, 0.5) is 0 Å². The van der Waals surface area contributed by atoms with Crippen LogP contribution in [0.2, 0.25) is 0 Å². The first-order valence-corrected chi connectivity index (χ1v) is 10.8. The van der Waals surface area contributed by atoms with Crippen molar-refractivity contribution in [3.63, 3.8) is 0 Å². The van der Waals surface area contributed by atoms with Gasteiger partial charge in [0.25, 0.3) is 5.91 Å². The van der Waals surface area contributed by atoms with E-state index in [0.717, 1.165) is 19.3 Å². The molecule has 5 rings (SSSR count). The van der Waals surface area contributed by atoms with Crippen molar-refractivity contribution in [1.29, 1.82) is 0 Å². The topological polar surface area (TPSA) is 84.5 Å². The summed E-state index contributed by atoms with van der Waals surface area (Å²) in [6.07, 6.45) is 6.59. The van der Waals surface area contributed by atoms with Gasteiger partial charge in [0, 0.05) is 12.6 Å². The smallest absolute Gasteiger partial charge is 0.254 e. The molecule has 0 radical (unpaired) electrons. The molecule has 0 atom stereocenters. The largest absolute Gasteiger partial charge is 0.496 e. The minimum atomic E-state index is -3.70. The lowest BCUT2D eigenvalue weighted by atomic mass is 9.53. The molecule has 4 saturated carbocycles. The second-order valence-electron chi connectivity index (χ2n) is 8.24. The minimum Gasteiger partial charge on any atom is -0.496 e. The number of ether oxygens (including phenoxy) is 1. The molecule has 142 valence electrons. The fraction of sp³-hybridized carbons (Fsp3) is 0.632.